The maximum absolute atomic E-state index is 11.3. The van der Waals surface area contributed by atoms with Gasteiger partial charge in [-0.25, -0.2) is 4.79 Å². The summed E-state index contributed by atoms with van der Waals surface area (Å²) in [4.78, 5) is 11.9. The zero-order valence-corrected chi connectivity index (χ0v) is 9.00. The molecule has 0 aliphatic rings. The van der Waals surface area contributed by atoms with Gasteiger partial charge in [-0.1, -0.05) is 12.1 Å². The summed E-state index contributed by atoms with van der Waals surface area (Å²) in [6.45, 7) is 0.0153. The Bertz CT molecular complexity index is 502. The molecule has 0 saturated heterocycles. The number of aliphatic hydroxyl groups is 1. The Morgan fingerprint density at radius 3 is 2.93 bits per heavy atom. The molecule has 2 rings (SSSR count). The van der Waals surface area contributed by atoms with Crippen LogP contribution in [0.5, 0.6) is 0 Å². The number of aliphatic hydroxyl groups excluding tert-OH is 1. The molecule has 0 atom stereocenters. The van der Waals surface area contributed by atoms with E-state index in [0.29, 0.717) is 4.88 Å². The van der Waals surface area contributed by atoms with Gasteiger partial charge in [0.2, 0.25) is 0 Å². The van der Waals surface area contributed by atoms with Gasteiger partial charge in [0.15, 0.2) is 0 Å². The van der Waals surface area contributed by atoms with Gasteiger partial charge in [-0.05, 0) is 23.1 Å². The first kappa shape index (κ1) is 10.1. The molecule has 0 amide bonds. The van der Waals surface area contributed by atoms with Crippen LogP contribution in [0.3, 0.4) is 0 Å². The fourth-order valence-corrected chi connectivity index (χ4v) is 2.42. The summed E-state index contributed by atoms with van der Waals surface area (Å²) >= 11 is 1.37. The van der Waals surface area contributed by atoms with E-state index in [1.807, 2.05) is 18.2 Å². The quantitative estimate of drug-likeness (QED) is 0.792. The molecule has 3 nitrogen and oxygen atoms in total. The molecule has 0 aliphatic heterocycles. The smallest absolute Gasteiger partial charge is 0.348 e. The van der Waals surface area contributed by atoms with Crippen LogP contribution in [0.25, 0.3) is 10.1 Å². The Hall–Kier alpha value is -1.39. The summed E-state index contributed by atoms with van der Waals surface area (Å²) in [5, 5.41) is 9.97. The monoisotopic (exact) mass is 222 g/mol. The fourth-order valence-electron chi connectivity index (χ4n) is 1.38. The van der Waals surface area contributed by atoms with E-state index in [1.54, 1.807) is 6.07 Å². The van der Waals surface area contributed by atoms with Crippen molar-refractivity contribution in [3.8, 4) is 0 Å². The second-order valence-electron chi connectivity index (χ2n) is 3.13. The average Bonchev–Trinajstić information content (AvgIpc) is 2.70. The lowest BCUT2D eigenvalue weighted by atomic mass is 10.2. The van der Waals surface area contributed by atoms with Gasteiger partial charge in [0.25, 0.3) is 0 Å². The lowest BCUT2D eigenvalue weighted by Gasteiger charge is -1.94. The molecule has 0 fully saturated rings. The van der Waals surface area contributed by atoms with Gasteiger partial charge in [0, 0.05) is 4.70 Å². The van der Waals surface area contributed by atoms with Gasteiger partial charge >= 0.3 is 5.97 Å². The maximum atomic E-state index is 11.3. The van der Waals surface area contributed by atoms with Gasteiger partial charge in [0.05, 0.1) is 13.7 Å². The van der Waals surface area contributed by atoms with Crippen LogP contribution in [0.4, 0.5) is 0 Å². The van der Waals surface area contributed by atoms with Gasteiger partial charge < -0.3 is 9.84 Å². The third-order valence-electron chi connectivity index (χ3n) is 2.15. The molecular formula is C11H10O3S. The number of ether oxygens (including phenoxy) is 1. The summed E-state index contributed by atoms with van der Waals surface area (Å²) in [6, 6.07) is 7.42. The average molecular weight is 222 g/mol. The molecule has 0 radical (unpaired) electrons. The lowest BCUT2D eigenvalue weighted by Crippen LogP contribution is -1.96. The highest BCUT2D eigenvalue weighted by Crippen LogP contribution is 2.27. The highest BCUT2D eigenvalue weighted by atomic mass is 32.1. The van der Waals surface area contributed by atoms with E-state index in [4.69, 9.17) is 5.11 Å². The second-order valence-corrected chi connectivity index (χ2v) is 4.22. The second kappa shape index (κ2) is 4.00. The van der Waals surface area contributed by atoms with Crippen molar-refractivity contribution in [2.75, 3.05) is 7.11 Å². The van der Waals surface area contributed by atoms with Crippen molar-refractivity contribution in [1.82, 2.24) is 0 Å². The van der Waals surface area contributed by atoms with Gasteiger partial charge in [-0.3, -0.25) is 0 Å². The summed E-state index contributed by atoms with van der Waals surface area (Å²) in [5.74, 6) is -0.318. The summed E-state index contributed by atoms with van der Waals surface area (Å²) < 4.78 is 5.63. The van der Waals surface area contributed by atoms with E-state index in [9.17, 15) is 4.79 Å². The molecule has 1 aromatic heterocycles. The first-order chi connectivity index (χ1) is 7.24. The number of rotatable bonds is 2. The highest BCUT2D eigenvalue weighted by Gasteiger charge is 2.10. The Balaban J connectivity index is 2.51. The van der Waals surface area contributed by atoms with Crippen LogP contribution < -0.4 is 0 Å². The Labute approximate surface area is 90.9 Å². The normalized spacial score (nSPS) is 10.5. The van der Waals surface area contributed by atoms with E-state index in [-0.39, 0.29) is 12.6 Å². The summed E-state index contributed by atoms with van der Waals surface area (Å²) in [5.41, 5.74) is 0.848. The zero-order chi connectivity index (χ0) is 10.8. The molecule has 4 heteroatoms. The Kier molecular flexibility index (Phi) is 2.70. The third-order valence-corrected chi connectivity index (χ3v) is 3.23. The van der Waals surface area contributed by atoms with Crippen LogP contribution in [0.1, 0.15) is 15.2 Å². The number of fused-ring (bicyclic) bond motifs is 1. The van der Waals surface area contributed by atoms with Crippen molar-refractivity contribution in [2.45, 2.75) is 6.61 Å². The third kappa shape index (κ3) is 1.86. The number of carbonyl (C=O) groups excluding carboxylic acids is 1. The number of carbonyl (C=O) groups is 1. The van der Waals surface area contributed by atoms with E-state index in [0.717, 1.165) is 15.6 Å². The summed E-state index contributed by atoms with van der Waals surface area (Å²) in [6.07, 6.45) is 0. The minimum atomic E-state index is -0.318. The molecular weight excluding hydrogens is 212 g/mol. The maximum Gasteiger partial charge on any atom is 0.348 e. The Morgan fingerprint density at radius 2 is 2.27 bits per heavy atom. The van der Waals surface area contributed by atoms with Crippen molar-refractivity contribution in [3.05, 3.63) is 34.7 Å². The van der Waals surface area contributed by atoms with Crippen LogP contribution >= 0.6 is 11.3 Å². The predicted octanol–water partition coefficient (Wildman–Crippen LogP) is 2.18. The molecule has 0 spiro atoms. The number of hydrogen-bond acceptors (Lipinski definition) is 4. The van der Waals surface area contributed by atoms with Crippen molar-refractivity contribution in [1.29, 1.82) is 0 Å². The number of benzene rings is 1. The van der Waals surface area contributed by atoms with Crippen molar-refractivity contribution in [3.63, 3.8) is 0 Å². The van der Waals surface area contributed by atoms with E-state index in [1.165, 1.54) is 18.4 Å². The van der Waals surface area contributed by atoms with Gasteiger partial charge in [-0.15, -0.1) is 11.3 Å². The summed E-state index contributed by atoms with van der Waals surface area (Å²) in [7, 11) is 1.37. The van der Waals surface area contributed by atoms with Crippen molar-refractivity contribution >= 4 is 27.4 Å². The molecule has 0 saturated carbocycles. The first-order valence-electron chi connectivity index (χ1n) is 4.46. The molecule has 0 unspecified atom stereocenters. The van der Waals surface area contributed by atoms with Crippen LogP contribution in [0, 0.1) is 0 Å². The van der Waals surface area contributed by atoms with Crippen molar-refractivity contribution < 1.29 is 14.6 Å². The largest absolute Gasteiger partial charge is 0.465 e. The topological polar surface area (TPSA) is 46.5 Å². The SMILES string of the molecule is COC(=O)c1cc2ccc(CO)cc2s1. The van der Waals surface area contributed by atoms with E-state index in [2.05, 4.69) is 4.74 Å². The molecule has 0 aliphatic carbocycles. The molecule has 78 valence electrons. The van der Waals surface area contributed by atoms with Gasteiger partial charge in [0.1, 0.15) is 4.88 Å². The van der Waals surface area contributed by atoms with Crippen LogP contribution in [0.2, 0.25) is 0 Å². The Morgan fingerprint density at radius 1 is 1.47 bits per heavy atom. The van der Waals surface area contributed by atoms with Crippen LogP contribution in [0.15, 0.2) is 24.3 Å². The number of hydrogen-bond donors (Lipinski definition) is 1. The standard InChI is InChI=1S/C11H10O3S/c1-14-11(13)10-5-8-3-2-7(6-12)4-9(8)15-10/h2-5,12H,6H2,1H3. The van der Waals surface area contributed by atoms with Crippen LogP contribution in [-0.2, 0) is 11.3 Å². The molecule has 1 aromatic carbocycles. The molecule has 15 heavy (non-hydrogen) atoms. The predicted molar refractivity (Wildman–Crippen MR) is 59.1 cm³/mol. The lowest BCUT2D eigenvalue weighted by molar-refractivity contribution is 0.0606. The zero-order valence-electron chi connectivity index (χ0n) is 8.19. The minimum absolute atomic E-state index is 0.0153. The van der Waals surface area contributed by atoms with E-state index < -0.39 is 0 Å². The minimum Gasteiger partial charge on any atom is -0.465 e. The number of esters is 1. The first-order valence-corrected chi connectivity index (χ1v) is 5.28. The number of methoxy groups -OCH3 is 1. The fraction of sp³-hybridized carbons (Fsp3) is 0.182. The molecule has 1 heterocycles. The molecule has 2 aromatic rings. The van der Waals surface area contributed by atoms with E-state index >= 15 is 0 Å². The van der Waals surface area contributed by atoms with Crippen molar-refractivity contribution in [2.24, 2.45) is 0 Å². The van der Waals surface area contributed by atoms with Crippen LogP contribution in [-0.4, -0.2) is 18.2 Å². The van der Waals surface area contributed by atoms with Gasteiger partial charge in [-0.2, -0.15) is 0 Å². The highest BCUT2D eigenvalue weighted by molar-refractivity contribution is 7.20. The number of thiophene rings is 1. The molecule has 0 bridgehead atoms. The molecule has 1 N–H and O–H groups in total.